The van der Waals surface area contributed by atoms with E-state index in [9.17, 15) is 14.4 Å². The van der Waals surface area contributed by atoms with E-state index in [-0.39, 0.29) is 28.5 Å². The van der Waals surface area contributed by atoms with E-state index in [4.69, 9.17) is 5.73 Å². The molecule has 0 aliphatic carbocycles. The van der Waals surface area contributed by atoms with Crippen molar-refractivity contribution in [1.82, 2.24) is 19.4 Å². The van der Waals surface area contributed by atoms with Crippen LogP contribution in [0.4, 0.5) is 0 Å². The zero-order valence-corrected chi connectivity index (χ0v) is 12.8. The molecule has 8 heteroatoms. The maximum absolute atomic E-state index is 12.1. The number of hydrogen-bond acceptors (Lipinski definition) is 5. The highest BCUT2D eigenvalue weighted by Crippen LogP contribution is 2.07. The smallest absolute Gasteiger partial charge is 0.332 e. The highest BCUT2D eigenvalue weighted by Gasteiger charge is 2.13. The number of nitrogens with one attached hydrogen (secondary N) is 1. The normalized spacial score (nSPS) is 12.4. The average molecular weight is 305 g/mol. The van der Waals surface area contributed by atoms with Crippen molar-refractivity contribution in [3.8, 4) is 0 Å². The Hall–Kier alpha value is -2.48. The monoisotopic (exact) mass is 305 g/mol. The molecule has 0 spiro atoms. The van der Waals surface area contributed by atoms with Gasteiger partial charge in [-0.25, -0.2) is 9.78 Å². The molecule has 2 rings (SSSR count). The fourth-order valence-electron chi connectivity index (χ4n) is 2.10. The number of carbonyl (C=O) groups excluding carboxylic acids is 1. The van der Waals surface area contributed by atoms with Crippen LogP contribution in [0.25, 0.3) is 11.0 Å². The molecular formula is C14H19N5O3. The van der Waals surface area contributed by atoms with Gasteiger partial charge in [0.05, 0.1) is 10.9 Å². The number of rotatable bonds is 4. The third-order valence-corrected chi connectivity index (χ3v) is 3.44. The van der Waals surface area contributed by atoms with Crippen molar-refractivity contribution in [3.05, 3.63) is 38.7 Å². The van der Waals surface area contributed by atoms with Crippen molar-refractivity contribution in [2.75, 3.05) is 6.54 Å². The van der Waals surface area contributed by atoms with E-state index in [1.807, 2.05) is 6.92 Å². The minimum Gasteiger partial charge on any atom is -0.352 e. The molecule has 2 aromatic heterocycles. The second-order valence-corrected chi connectivity index (χ2v) is 5.32. The van der Waals surface area contributed by atoms with Gasteiger partial charge in [0.1, 0.15) is 5.65 Å². The fourth-order valence-corrected chi connectivity index (χ4v) is 2.10. The summed E-state index contributed by atoms with van der Waals surface area (Å²) >= 11 is 0. The zero-order chi connectivity index (χ0) is 16.4. The van der Waals surface area contributed by atoms with Crippen LogP contribution in [0.5, 0.6) is 0 Å². The Morgan fingerprint density at radius 2 is 2.05 bits per heavy atom. The van der Waals surface area contributed by atoms with E-state index in [2.05, 4.69) is 10.3 Å². The molecule has 22 heavy (non-hydrogen) atoms. The predicted octanol–water partition coefficient (Wildman–Crippen LogP) is -0.901. The van der Waals surface area contributed by atoms with Crippen molar-refractivity contribution < 1.29 is 4.79 Å². The van der Waals surface area contributed by atoms with Crippen LogP contribution in [0.1, 0.15) is 23.7 Å². The van der Waals surface area contributed by atoms with E-state index in [1.54, 1.807) is 0 Å². The quantitative estimate of drug-likeness (QED) is 0.760. The minimum atomic E-state index is -0.476. The SMILES string of the molecule is CC(N)CCNC(=O)c1cnc2c(c1)c(=O)n(C)c(=O)n2C. The molecule has 0 fully saturated rings. The molecule has 0 bridgehead atoms. The third kappa shape index (κ3) is 2.91. The number of hydrogen-bond donors (Lipinski definition) is 2. The molecule has 0 aromatic carbocycles. The number of carbonyl (C=O) groups is 1. The summed E-state index contributed by atoms with van der Waals surface area (Å²) in [5.41, 5.74) is 5.21. The summed E-state index contributed by atoms with van der Waals surface area (Å²) in [7, 11) is 2.92. The van der Waals surface area contributed by atoms with E-state index in [1.165, 1.54) is 30.9 Å². The minimum absolute atomic E-state index is 0.00292. The van der Waals surface area contributed by atoms with Gasteiger partial charge < -0.3 is 11.1 Å². The number of fused-ring (bicyclic) bond motifs is 1. The average Bonchev–Trinajstić information content (AvgIpc) is 2.49. The Morgan fingerprint density at radius 3 is 2.68 bits per heavy atom. The lowest BCUT2D eigenvalue weighted by molar-refractivity contribution is 0.0952. The van der Waals surface area contributed by atoms with Gasteiger partial charge in [-0.1, -0.05) is 0 Å². The van der Waals surface area contributed by atoms with Gasteiger partial charge >= 0.3 is 5.69 Å². The van der Waals surface area contributed by atoms with Crippen molar-refractivity contribution in [3.63, 3.8) is 0 Å². The first-order chi connectivity index (χ1) is 10.3. The first-order valence-corrected chi connectivity index (χ1v) is 6.92. The molecule has 0 aliphatic heterocycles. The zero-order valence-electron chi connectivity index (χ0n) is 12.8. The number of aromatic nitrogens is 3. The molecule has 0 saturated heterocycles. The predicted molar refractivity (Wildman–Crippen MR) is 82.8 cm³/mol. The molecule has 2 heterocycles. The third-order valence-electron chi connectivity index (χ3n) is 3.44. The Morgan fingerprint density at radius 1 is 1.36 bits per heavy atom. The van der Waals surface area contributed by atoms with Crippen LogP contribution in [0, 0.1) is 0 Å². The van der Waals surface area contributed by atoms with Gasteiger partial charge in [-0.05, 0) is 19.4 Å². The molecule has 8 nitrogen and oxygen atoms in total. The number of nitrogens with two attached hydrogens (primary N) is 1. The number of amides is 1. The molecular weight excluding hydrogens is 286 g/mol. The van der Waals surface area contributed by atoms with Crippen LogP contribution in [0.3, 0.4) is 0 Å². The standard InChI is InChI=1S/C14H19N5O3/c1-8(15)4-5-16-12(20)9-6-10-11(17-7-9)18(2)14(22)19(3)13(10)21/h6-8H,4-5,15H2,1-3H3,(H,16,20). The highest BCUT2D eigenvalue weighted by molar-refractivity contribution is 5.96. The maximum atomic E-state index is 12.1. The Balaban J connectivity index is 2.41. The van der Waals surface area contributed by atoms with Gasteiger partial charge in [0, 0.05) is 32.9 Å². The largest absolute Gasteiger partial charge is 0.352 e. The van der Waals surface area contributed by atoms with Crippen LogP contribution in [-0.4, -0.2) is 32.6 Å². The first kappa shape index (κ1) is 15.9. The summed E-state index contributed by atoms with van der Waals surface area (Å²) in [6.07, 6.45) is 2.01. The van der Waals surface area contributed by atoms with Gasteiger partial charge in [-0.15, -0.1) is 0 Å². The van der Waals surface area contributed by atoms with Gasteiger partial charge in [-0.3, -0.25) is 18.7 Å². The van der Waals surface area contributed by atoms with Crippen molar-refractivity contribution in [1.29, 1.82) is 0 Å². The molecule has 3 N–H and O–H groups in total. The van der Waals surface area contributed by atoms with E-state index in [0.29, 0.717) is 13.0 Å². The Kier molecular flexibility index (Phi) is 4.41. The van der Waals surface area contributed by atoms with Crippen LogP contribution < -0.4 is 22.3 Å². The van der Waals surface area contributed by atoms with Crippen LogP contribution in [0.15, 0.2) is 21.9 Å². The number of pyridine rings is 1. The lowest BCUT2D eigenvalue weighted by Gasteiger charge is -2.09. The van der Waals surface area contributed by atoms with Gasteiger partial charge in [-0.2, -0.15) is 0 Å². The second kappa shape index (κ2) is 6.10. The summed E-state index contributed by atoms with van der Waals surface area (Å²) in [4.78, 5) is 40.1. The molecule has 0 aliphatic rings. The van der Waals surface area contributed by atoms with Gasteiger partial charge in [0.15, 0.2) is 0 Å². The molecule has 0 saturated carbocycles. The Bertz CT molecular complexity index is 835. The molecule has 2 aromatic rings. The number of aryl methyl sites for hydroxylation is 1. The summed E-state index contributed by atoms with van der Waals surface area (Å²) in [5.74, 6) is -0.328. The van der Waals surface area contributed by atoms with Crippen molar-refractivity contribution >= 4 is 16.9 Å². The van der Waals surface area contributed by atoms with Crippen molar-refractivity contribution in [2.24, 2.45) is 19.8 Å². The molecule has 1 atom stereocenters. The molecule has 1 amide bonds. The molecule has 118 valence electrons. The summed E-state index contributed by atoms with van der Waals surface area (Å²) in [6, 6.07) is 1.45. The number of nitrogens with zero attached hydrogens (tertiary/aromatic N) is 3. The Labute approximate surface area is 126 Å². The van der Waals surface area contributed by atoms with Crippen LogP contribution in [-0.2, 0) is 14.1 Å². The van der Waals surface area contributed by atoms with Crippen LogP contribution in [0.2, 0.25) is 0 Å². The summed E-state index contributed by atoms with van der Waals surface area (Å²) in [5, 5.41) is 2.95. The van der Waals surface area contributed by atoms with Gasteiger partial charge in [0.25, 0.3) is 11.5 Å². The van der Waals surface area contributed by atoms with Crippen molar-refractivity contribution in [2.45, 2.75) is 19.4 Å². The van der Waals surface area contributed by atoms with E-state index < -0.39 is 11.2 Å². The molecule has 0 radical (unpaired) electrons. The maximum Gasteiger partial charge on any atom is 0.332 e. The van der Waals surface area contributed by atoms with Gasteiger partial charge in [0.2, 0.25) is 0 Å². The van der Waals surface area contributed by atoms with E-state index in [0.717, 1.165) is 4.57 Å². The first-order valence-electron chi connectivity index (χ1n) is 6.92. The highest BCUT2D eigenvalue weighted by atomic mass is 16.2. The topological polar surface area (TPSA) is 112 Å². The lowest BCUT2D eigenvalue weighted by Crippen LogP contribution is -2.37. The summed E-state index contributed by atoms with van der Waals surface area (Å²) < 4.78 is 2.26. The fraction of sp³-hybridized carbons (Fsp3) is 0.429. The van der Waals surface area contributed by atoms with E-state index >= 15 is 0 Å². The second-order valence-electron chi connectivity index (χ2n) is 5.32. The summed E-state index contributed by atoms with van der Waals surface area (Å²) in [6.45, 7) is 2.30. The van der Waals surface area contributed by atoms with Crippen LogP contribution >= 0.6 is 0 Å². The molecule has 1 unspecified atom stereocenters. The lowest BCUT2D eigenvalue weighted by atomic mass is 10.2.